The van der Waals surface area contributed by atoms with Crippen LogP contribution in [0.25, 0.3) is 17.3 Å². The van der Waals surface area contributed by atoms with E-state index in [0.717, 1.165) is 5.56 Å². The molecule has 0 saturated carbocycles. The molecule has 0 bridgehead atoms. The third kappa shape index (κ3) is 5.41. The summed E-state index contributed by atoms with van der Waals surface area (Å²) in [5.74, 6) is 1.69. The largest absolute Gasteiger partial charge is 0.494 e. The lowest BCUT2D eigenvalue weighted by Gasteiger charge is -2.23. The molecule has 0 aliphatic rings. The van der Waals surface area contributed by atoms with Gasteiger partial charge < -0.3 is 19.0 Å². The molecule has 0 aliphatic carbocycles. The minimum atomic E-state index is -3.90. The Labute approximate surface area is 221 Å². The zero-order valence-corrected chi connectivity index (χ0v) is 22.8. The van der Waals surface area contributed by atoms with Gasteiger partial charge in [-0.3, -0.25) is 4.57 Å². The van der Waals surface area contributed by atoms with Crippen molar-refractivity contribution >= 4 is 9.84 Å². The van der Waals surface area contributed by atoms with Gasteiger partial charge in [0, 0.05) is 24.9 Å². The molecule has 4 aromatic rings. The van der Waals surface area contributed by atoms with E-state index in [0.29, 0.717) is 40.4 Å². The van der Waals surface area contributed by atoms with Crippen LogP contribution < -0.4 is 9.47 Å². The van der Waals surface area contributed by atoms with Gasteiger partial charge in [-0.05, 0) is 50.1 Å². The van der Waals surface area contributed by atoms with Gasteiger partial charge in [0.1, 0.15) is 34.5 Å². The van der Waals surface area contributed by atoms with Gasteiger partial charge in [-0.1, -0.05) is 13.0 Å². The number of hydrogen-bond donors (Lipinski definition) is 1. The molecule has 4 rings (SSSR count). The number of aliphatic hydroxyl groups is 1. The Morgan fingerprint density at radius 2 is 1.68 bits per heavy atom. The summed E-state index contributed by atoms with van der Waals surface area (Å²) in [6.07, 6.45) is 3.30. The van der Waals surface area contributed by atoms with E-state index in [4.69, 9.17) is 13.9 Å². The van der Waals surface area contributed by atoms with E-state index in [1.807, 2.05) is 6.92 Å². The van der Waals surface area contributed by atoms with Crippen molar-refractivity contribution in [3.05, 3.63) is 65.7 Å². The molecule has 0 fully saturated rings. The molecular weight excluding hydrogens is 510 g/mol. The molecule has 0 saturated heterocycles. The predicted octanol–water partition coefficient (Wildman–Crippen LogP) is 3.42. The lowest BCUT2D eigenvalue weighted by Crippen LogP contribution is -2.31. The molecule has 11 nitrogen and oxygen atoms in total. The second kappa shape index (κ2) is 11.3. The van der Waals surface area contributed by atoms with Crippen LogP contribution in [-0.4, -0.2) is 64.3 Å². The average Bonchev–Trinajstić information content (AvgIpc) is 3.51. The number of benzene rings is 1. The topological polar surface area (TPSA) is 142 Å². The summed E-state index contributed by atoms with van der Waals surface area (Å²) in [4.78, 5) is 8.65. The summed E-state index contributed by atoms with van der Waals surface area (Å²) in [5, 5.41) is 17.4. The zero-order chi connectivity index (χ0) is 27.4. The number of aliphatic hydroxyl groups excluding tert-OH is 1. The van der Waals surface area contributed by atoms with E-state index in [1.54, 1.807) is 61.1 Å². The van der Waals surface area contributed by atoms with Crippen LogP contribution in [0, 0.1) is 13.8 Å². The van der Waals surface area contributed by atoms with Gasteiger partial charge in [-0.25, -0.2) is 18.4 Å². The highest BCUT2D eigenvalue weighted by atomic mass is 32.2. The zero-order valence-electron chi connectivity index (χ0n) is 22.0. The number of aromatic nitrogens is 5. The third-order valence-electron chi connectivity index (χ3n) is 6.29. The maximum absolute atomic E-state index is 13.9. The number of nitrogens with zero attached hydrogens (tertiary/aromatic N) is 5. The van der Waals surface area contributed by atoms with Crippen molar-refractivity contribution in [1.29, 1.82) is 0 Å². The molecule has 0 aliphatic heterocycles. The first-order valence-electron chi connectivity index (χ1n) is 12.0. The number of para-hydroxylation sites is 1. The first kappa shape index (κ1) is 27.3. The molecule has 38 heavy (non-hydrogen) atoms. The molecule has 1 aromatic carbocycles. The molecule has 0 amide bonds. The number of sulfone groups is 1. The van der Waals surface area contributed by atoms with Crippen LogP contribution in [0.1, 0.15) is 42.2 Å². The Hall–Kier alpha value is -3.77. The molecule has 12 heteroatoms. The highest BCUT2D eigenvalue weighted by molar-refractivity contribution is 7.91. The minimum Gasteiger partial charge on any atom is -0.494 e. The van der Waals surface area contributed by atoms with E-state index < -0.39 is 26.8 Å². The Kier molecular flexibility index (Phi) is 8.12. The van der Waals surface area contributed by atoms with E-state index in [2.05, 4.69) is 20.2 Å². The van der Waals surface area contributed by atoms with Crippen LogP contribution in [0.5, 0.6) is 11.5 Å². The van der Waals surface area contributed by atoms with E-state index >= 15 is 0 Å². The first-order chi connectivity index (χ1) is 18.2. The number of rotatable bonds is 11. The number of aryl methyl sites for hydroxylation is 2. The van der Waals surface area contributed by atoms with Crippen molar-refractivity contribution in [2.75, 3.05) is 20.8 Å². The maximum atomic E-state index is 13.9. The van der Waals surface area contributed by atoms with Gasteiger partial charge in [0.15, 0.2) is 21.4 Å². The molecular formula is C26H31N5O6S. The lowest BCUT2D eigenvalue weighted by molar-refractivity contribution is 0.280. The van der Waals surface area contributed by atoms with Crippen molar-refractivity contribution in [3.8, 4) is 28.8 Å². The maximum Gasteiger partial charge on any atom is 0.204 e. The molecule has 0 unspecified atom stereocenters. The number of hydrogen-bond acceptors (Lipinski definition) is 10. The van der Waals surface area contributed by atoms with Crippen LogP contribution >= 0.6 is 0 Å². The Bertz CT molecular complexity index is 1470. The normalized spacial score (nSPS) is 13.3. The average molecular weight is 542 g/mol. The fraction of sp³-hybridized carbons (Fsp3) is 0.385. The van der Waals surface area contributed by atoms with E-state index in [1.165, 1.54) is 14.2 Å². The number of furan rings is 1. The van der Waals surface area contributed by atoms with Crippen molar-refractivity contribution in [1.82, 2.24) is 24.7 Å². The summed E-state index contributed by atoms with van der Waals surface area (Å²) in [7, 11) is -0.884. The minimum absolute atomic E-state index is 0.0110. The van der Waals surface area contributed by atoms with Gasteiger partial charge >= 0.3 is 0 Å². The van der Waals surface area contributed by atoms with Crippen LogP contribution in [0.2, 0.25) is 0 Å². The number of ether oxygens (including phenoxy) is 2. The quantitative estimate of drug-likeness (QED) is 0.300. The van der Waals surface area contributed by atoms with Gasteiger partial charge in [0.2, 0.25) is 5.82 Å². The van der Waals surface area contributed by atoms with E-state index in [9.17, 15) is 13.5 Å². The fourth-order valence-electron chi connectivity index (χ4n) is 4.37. The summed E-state index contributed by atoms with van der Waals surface area (Å²) < 4.78 is 46.3. The Morgan fingerprint density at radius 1 is 1.03 bits per heavy atom. The number of methoxy groups -OCH3 is 2. The van der Waals surface area contributed by atoms with Crippen LogP contribution in [0.15, 0.2) is 47.1 Å². The lowest BCUT2D eigenvalue weighted by atomic mass is 10.0. The highest BCUT2D eigenvalue weighted by Crippen LogP contribution is 2.37. The molecule has 2 atom stereocenters. The molecule has 0 spiro atoms. The second-order valence-electron chi connectivity index (χ2n) is 8.96. The first-order valence-corrected chi connectivity index (χ1v) is 13.7. The monoisotopic (exact) mass is 541 g/mol. The summed E-state index contributed by atoms with van der Waals surface area (Å²) >= 11 is 0. The highest BCUT2D eigenvalue weighted by Gasteiger charge is 2.35. The standard InChI is InChI=1S/C26H31N5O6S/c1-16-13-27-25(28-14-16)18(3)22(11-12-32)38(33,34)15-23-29-30-26(21-10-9-17(2)37-21)31(23)24-19(35-4)7-6-8-20(24)36-5/h6-10,13-14,18,22,32H,11-12,15H2,1-5H3/t18-,22+/m1/s1. The molecule has 202 valence electrons. The molecule has 3 heterocycles. The van der Waals surface area contributed by atoms with Crippen molar-refractivity contribution in [2.45, 2.75) is 44.1 Å². The smallest absolute Gasteiger partial charge is 0.204 e. The SMILES string of the molecule is COc1cccc(OC)c1-n1c(CS(=O)(=O)[C@@H](CCO)[C@@H](C)c2ncc(C)cn2)nnc1-c1ccc(C)o1. The van der Waals surface area contributed by atoms with Gasteiger partial charge in [0.25, 0.3) is 0 Å². The second-order valence-corrected chi connectivity index (χ2v) is 11.2. The molecule has 3 aromatic heterocycles. The fourth-order valence-corrected chi connectivity index (χ4v) is 6.34. The van der Waals surface area contributed by atoms with Gasteiger partial charge in [-0.15, -0.1) is 10.2 Å². The van der Waals surface area contributed by atoms with Crippen LogP contribution in [0.4, 0.5) is 0 Å². The van der Waals surface area contributed by atoms with Crippen LogP contribution in [-0.2, 0) is 15.6 Å². The van der Waals surface area contributed by atoms with Gasteiger partial charge in [-0.2, -0.15) is 0 Å². The van der Waals surface area contributed by atoms with Crippen molar-refractivity contribution in [2.24, 2.45) is 0 Å². The van der Waals surface area contributed by atoms with Crippen molar-refractivity contribution < 1.29 is 27.4 Å². The summed E-state index contributed by atoms with van der Waals surface area (Å²) in [5.41, 5.74) is 1.30. The Morgan fingerprint density at radius 3 is 2.24 bits per heavy atom. The molecule has 0 radical (unpaired) electrons. The summed E-state index contributed by atoms with van der Waals surface area (Å²) in [6, 6.07) is 8.75. The predicted molar refractivity (Wildman–Crippen MR) is 140 cm³/mol. The van der Waals surface area contributed by atoms with E-state index in [-0.39, 0.29) is 18.9 Å². The molecule has 1 N–H and O–H groups in total. The Balaban J connectivity index is 1.84. The van der Waals surface area contributed by atoms with Crippen molar-refractivity contribution in [3.63, 3.8) is 0 Å². The third-order valence-corrected chi connectivity index (χ3v) is 8.51. The van der Waals surface area contributed by atoms with Gasteiger partial charge in [0.05, 0.1) is 19.5 Å². The van der Waals surface area contributed by atoms with Crippen LogP contribution in [0.3, 0.4) is 0 Å². The summed E-state index contributed by atoms with van der Waals surface area (Å²) in [6.45, 7) is 5.08.